The van der Waals surface area contributed by atoms with Crippen molar-refractivity contribution in [2.24, 2.45) is 5.41 Å². The maximum absolute atomic E-state index is 14.5. The third-order valence-electron chi connectivity index (χ3n) is 12.2. The average Bonchev–Trinajstić information content (AvgIpc) is 4.04. The smallest absolute Gasteiger partial charge is 0.356 e. The van der Waals surface area contributed by atoms with Crippen LogP contribution in [-0.4, -0.2) is 98.7 Å². The first kappa shape index (κ1) is 49.6. The Morgan fingerprint density at radius 3 is 2.46 bits per heavy atom. The first-order valence-corrected chi connectivity index (χ1v) is 24.6. The highest BCUT2D eigenvalue weighted by atomic mass is 32.1. The van der Waals surface area contributed by atoms with Gasteiger partial charge >= 0.3 is 13.3 Å². The number of likely N-dealkylation sites (tertiary alicyclic amines) is 1. The highest BCUT2D eigenvalue weighted by Gasteiger charge is 2.50. The van der Waals surface area contributed by atoms with E-state index in [-0.39, 0.29) is 66.9 Å². The zero-order chi connectivity index (χ0) is 49.1. The first-order chi connectivity index (χ1) is 32.1. The van der Waals surface area contributed by atoms with Gasteiger partial charge in [-0.1, -0.05) is 62.9 Å². The molecule has 4 heterocycles. The summed E-state index contributed by atoms with van der Waals surface area (Å²) >= 11 is 0.956. The number of fused-ring (bicyclic) bond motifs is 2. The Morgan fingerprint density at radius 1 is 1.00 bits per heavy atom. The summed E-state index contributed by atoms with van der Waals surface area (Å²) in [5, 5.41) is 8.13. The van der Waals surface area contributed by atoms with Gasteiger partial charge in [0.1, 0.15) is 18.1 Å². The number of unbranched alkanes of at least 4 members (excludes halogenated alkanes) is 1. The van der Waals surface area contributed by atoms with Crippen molar-refractivity contribution < 1.29 is 56.7 Å². The first-order valence-electron chi connectivity index (χ1n) is 22.1. The zero-order valence-corrected chi connectivity index (χ0v) is 39.3. The third kappa shape index (κ3) is 10.7. The van der Waals surface area contributed by atoms with Crippen molar-refractivity contribution in [3.8, 4) is 11.8 Å². The predicted molar refractivity (Wildman–Crippen MR) is 248 cm³/mol. The predicted octanol–water partition coefficient (Wildman–Crippen LogP) is 5.40. The van der Waals surface area contributed by atoms with E-state index in [4.69, 9.17) is 0 Å². The molecule has 2 fully saturated rings. The van der Waals surface area contributed by atoms with Crippen LogP contribution in [0.4, 0.5) is 14.5 Å². The van der Waals surface area contributed by atoms with E-state index in [1.807, 2.05) is 0 Å². The van der Waals surface area contributed by atoms with Gasteiger partial charge in [-0.25, -0.2) is 0 Å². The second-order valence-electron chi connectivity index (χ2n) is 18.0. The van der Waals surface area contributed by atoms with Crippen LogP contribution in [0, 0.1) is 17.3 Å². The molecule has 20 heteroatoms. The number of hydrogen-bond acceptors (Lipinski definition) is 9. The molecular formula is C48H51F2N6O10PS. The van der Waals surface area contributed by atoms with E-state index in [2.05, 4.69) is 27.8 Å². The number of halogens is 2. The van der Waals surface area contributed by atoms with Crippen molar-refractivity contribution in [2.45, 2.75) is 96.1 Å². The van der Waals surface area contributed by atoms with E-state index in [9.17, 15) is 56.7 Å². The zero-order valence-electron chi connectivity index (χ0n) is 37.6. The van der Waals surface area contributed by atoms with Gasteiger partial charge < -0.3 is 35.1 Å². The van der Waals surface area contributed by atoms with Gasteiger partial charge in [-0.15, -0.1) is 11.3 Å². The number of para-hydroxylation sites is 1. The summed E-state index contributed by atoms with van der Waals surface area (Å²) in [6, 6.07) is 15.6. The SMILES string of the molecule is CC(C)(C)[C@H](NC(=O)c1cc2cc(C(F)(F)P(=O)(O)O)ccc2s1)C(=O)N1CCC[C@H]1C(=O)N(CCC(=O)NCCCC#Cc1cccc2c1CN(C1CCC(=O)NC1=O)C2=O)c1ccccc1. The van der Waals surface area contributed by atoms with Gasteiger partial charge in [0.25, 0.3) is 11.8 Å². The molecule has 0 bridgehead atoms. The third-order valence-corrected chi connectivity index (χ3v) is 14.3. The van der Waals surface area contributed by atoms with Crippen LogP contribution in [0.1, 0.15) is 102 Å². The fraction of sp³-hybridized carbons (Fsp3) is 0.396. The van der Waals surface area contributed by atoms with Gasteiger partial charge in [-0.3, -0.25) is 43.4 Å². The van der Waals surface area contributed by atoms with Gasteiger partial charge in [-0.2, -0.15) is 8.78 Å². The quantitative estimate of drug-likeness (QED) is 0.0469. The van der Waals surface area contributed by atoms with Crippen molar-refractivity contribution in [1.82, 2.24) is 25.8 Å². The molecule has 1 unspecified atom stereocenters. The number of carbonyl (C=O) groups is 7. The van der Waals surface area contributed by atoms with E-state index in [0.717, 1.165) is 29.0 Å². The van der Waals surface area contributed by atoms with Gasteiger partial charge in [0.05, 0.1) is 4.88 Å². The molecule has 7 amide bonds. The fourth-order valence-corrected chi connectivity index (χ4v) is 9.96. The van der Waals surface area contributed by atoms with Gasteiger partial charge in [-0.05, 0) is 84.5 Å². The minimum atomic E-state index is -5.83. The molecule has 16 nitrogen and oxygen atoms in total. The lowest BCUT2D eigenvalue weighted by atomic mass is 9.85. The second kappa shape index (κ2) is 20.1. The number of anilines is 1. The lowest BCUT2D eigenvalue weighted by molar-refractivity contribution is -0.141. The minimum absolute atomic E-state index is 0.00781. The number of thiophene rings is 1. The van der Waals surface area contributed by atoms with Crippen LogP contribution in [0.3, 0.4) is 0 Å². The van der Waals surface area contributed by atoms with E-state index in [0.29, 0.717) is 53.7 Å². The Morgan fingerprint density at radius 2 is 1.75 bits per heavy atom. The van der Waals surface area contributed by atoms with Crippen molar-refractivity contribution in [3.63, 3.8) is 0 Å². The Hall–Kier alpha value is -6.32. The maximum Gasteiger partial charge on any atom is 0.399 e. The molecule has 3 aliphatic rings. The van der Waals surface area contributed by atoms with Crippen LogP contribution < -0.4 is 20.9 Å². The monoisotopic (exact) mass is 972 g/mol. The summed E-state index contributed by atoms with van der Waals surface area (Å²) in [5.74, 6) is 3.22. The number of nitrogens with one attached hydrogen (secondary N) is 3. The number of hydrogen-bond donors (Lipinski definition) is 5. The molecule has 2 saturated heterocycles. The number of carbonyl (C=O) groups excluding carboxylic acids is 7. The van der Waals surface area contributed by atoms with Crippen LogP contribution in [0.2, 0.25) is 0 Å². The second-order valence-corrected chi connectivity index (χ2v) is 20.7. The molecule has 3 aliphatic heterocycles. The van der Waals surface area contributed by atoms with Crippen LogP contribution in [0.15, 0.2) is 72.8 Å². The molecule has 3 aromatic carbocycles. The molecule has 7 rings (SSSR count). The molecule has 358 valence electrons. The highest BCUT2D eigenvalue weighted by molar-refractivity contribution is 7.52. The van der Waals surface area contributed by atoms with Gasteiger partial charge in [0.2, 0.25) is 29.5 Å². The van der Waals surface area contributed by atoms with E-state index < -0.39 is 66.0 Å². The molecule has 5 N–H and O–H groups in total. The fourth-order valence-electron chi connectivity index (χ4n) is 8.54. The lowest BCUT2D eigenvalue weighted by Crippen LogP contribution is -2.58. The summed E-state index contributed by atoms with van der Waals surface area (Å²) < 4.78 is 40.8. The highest BCUT2D eigenvalue weighted by Crippen LogP contribution is 2.59. The number of piperidine rings is 1. The topological polar surface area (TPSA) is 223 Å². The molecule has 0 saturated carbocycles. The molecule has 0 radical (unpaired) electrons. The van der Waals surface area contributed by atoms with Gasteiger partial charge in [0, 0.05) is 72.5 Å². The molecule has 0 spiro atoms. The lowest BCUT2D eigenvalue weighted by Gasteiger charge is -2.36. The van der Waals surface area contributed by atoms with Crippen molar-refractivity contribution in [2.75, 3.05) is 24.5 Å². The normalized spacial score (nSPS) is 17.8. The minimum Gasteiger partial charge on any atom is -0.356 e. The van der Waals surface area contributed by atoms with Crippen molar-refractivity contribution >= 4 is 76.1 Å². The van der Waals surface area contributed by atoms with E-state index in [1.165, 1.54) is 26.8 Å². The average molecular weight is 973 g/mol. The number of nitrogens with zero attached hydrogens (tertiary/aromatic N) is 3. The molecule has 68 heavy (non-hydrogen) atoms. The summed E-state index contributed by atoms with van der Waals surface area (Å²) in [4.78, 5) is 116. The van der Waals surface area contributed by atoms with E-state index >= 15 is 0 Å². The summed E-state index contributed by atoms with van der Waals surface area (Å²) in [6.07, 6.45) is 2.15. The van der Waals surface area contributed by atoms with Crippen LogP contribution in [0.5, 0.6) is 0 Å². The number of benzene rings is 3. The van der Waals surface area contributed by atoms with Crippen molar-refractivity contribution in [1.29, 1.82) is 0 Å². The number of rotatable bonds is 14. The number of alkyl halides is 2. The molecule has 3 atom stereocenters. The van der Waals surface area contributed by atoms with Crippen LogP contribution in [0.25, 0.3) is 10.1 Å². The Balaban J connectivity index is 0.953. The standard InChI is InChI=1S/C48H51F2N6O10PS/c1-47(2,3)41(53-43(60)38-27-30-26-31(18-20-37(30)68-38)48(49,50)67(64,65)66)46(63)55-24-11-17-36(55)45(62)54(32-14-7-4-8-15-32)25-22-39(57)51-23-9-5-6-12-29-13-10-16-33-34(29)28-56(44(33)61)35-19-21-40(58)52-42(35)59/h4,7-8,10,13-16,18,20,26-27,35-36,41H,5,9,11,17,19,21-25,28H2,1-3H3,(H,51,57)(H,53,60)(H,52,58,59)(H2,64,65,66)/t35?,36-,41+/m0/s1. The van der Waals surface area contributed by atoms with Crippen molar-refractivity contribution in [3.05, 3.63) is 99.9 Å². The van der Waals surface area contributed by atoms with Crippen LogP contribution >= 0.6 is 18.9 Å². The largest absolute Gasteiger partial charge is 0.399 e. The number of amides is 7. The summed E-state index contributed by atoms with van der Waals surface area (Å²) in [5.41, 5.74) is -3.83. The molecule has 0 aliphatic carbocycles. The van der Waals surface area contributed by atoms with E-state index in [1.54, 1.807) is 69.3 Å². The maximum atomic E-state index is 14.5. The Bertz CT molecular complexity index is 2780. The molecule has 4 aromatic rings. The number of imide groups is 1. The Kier molecular flexibility index (Phi) is 14.7. The van der Waals surface area contributed by atoms with Crippen LogP contribution in [-0.2, 0) is 40.7 Å². The molecular weight excluding hydrogens is 922 g/mol. The Labute approximate surface area is 395 Å². The molecule has 1 aromatic heterocycles. The summed E-state index contributed by atoms with van der Waals surface area (Å²) in [7, 11) is -5.83. The van der Waals surface area contributed by atoms with Gasteiger partial charge in [0.15, 0.2) is 0 Å². The summed E-state index contributed by atoms with van der Waals surface area (Å²) in [6.45, 7) is 6.01.